The molecule has 1 fully saturated rings. The Morgan fingerprint density at radius 2 is 1.51 bits per heavy atom. The molecule has 1 saturated carbocycles. The van der Waals surface area contributed by atoms with Crippen LogP contribution in [-0.4, -0.2) is 53.2 Å². The summed E-state index contributed by atoms with van der Waals surface area (Å²) in [6, 6.07) is 25.9. The Labute approximate surface area is 306 Å². The number of esters is 1. The van der Waals surface area contributed by atoms with Crippen LogP contribution in [0, 0.1) is 11.8 Å². The van der Waals surface area contributed by atoms with Gasteiger partial charge in [0.1, 0.15) is 17.2 Å². The highest BCUT2D eigenvalue weighted by molar-refractivity contribution is 7.89. The van der Waals surface area contributed by atoms with Crippen LogP contribution in [0.5, 0.6) is 17.2 Å². The Balaban J connectivity index is 1.41. The van der Waals surface area contributed by atoms with Crippen molar-refractivity contribution in [2.24, 2.45) is 11.8 Å². The predicted molar refractivity (Wildman–Crippen MR) is 198 cm³/mol. The second-order valence-electron chi connectivity index (χ2n) is 13.2. The van der Waals surface area contributed by atoms with Crippen molar-refractivity contribution in [1.29, 1.82) is 0 Å². The van der Waals surface area contributed by atoms with Gasteiger partial charge in [-0.15, -0.1) is 0 Å². The average molecular weight is 733 g/mol. The molecule has 2 atom stereocenters. The molecule has 0 N–H and O–H groups in total. The molecule has 0 bridgehead atoms. The van der Waals surface area contributed by atoms with Crippen LogP contribution >= 0.6 is 11.6 Å². The molecule has 0 amide bonds. The molecule has 0 aromatic heterocycles. The average Bonchev–Trinajstić information content (AvgIpc) is 3.16. The molecule has 11 heteroatoms. The fraction of sp³-hybridized carbons (Fsp3) is 0.375. The van der Waals surface area contributed by atoms with E-state index in [1.54, 1.807) is 32.4 Å². The number of hydrogen-bond acceptors (Lipinski definition) is 8. The molecule has 270 valence electrons. The fourth-order valence-electron chi connectivity index (χ4n) is 6.84. The maximum Gasteiger partial charge on any atom is 0.309 e. The standard InChI is InChI=1S/C40H45ClN2O7S/c1-47-34-14-7-28(8-15-34)24-43(25-29-9-16-35(48-2)17-10-29)51(45,46)36-18-20-39-38(23-36)42(27-32-12-19-37(32)40(44)49-3)26-31-11-13-33(41)22-30(31)6-4-5-21-50-39/h7-11,13-18,20,22-23,32,37H,4-6,12,19,21,24-27H2,1-3H3/t32-,37+/m0/s1. The van der Waals surface area contributed by atoms with Crippen molar-refractivity contribution in [3.63, 3.8) is 0 Å². The van der Waals surface area contributed by atoms with Gasteiger partial charge in [0.2, 0.25) is 10.0 Å². The molecule has 0 unspecified atom stereocenters. The number of hydrogen-bond donors (Lipinski definition) is 0. The smallest absolute Gasteiger partial charge is 0.309 e. The number of rotatable bonds is 11. The summed E-state index contributed by atoms with van der Waals surface area (Å²) in [5.41, 5.74) is 4.57. The number of sulfonamides is 1. The highest BCUT2D eigenvalue weighted by Crippen LogP contribution is 2.41. The number of fused-ring (bicyclic) bond motifs is 2. The molecule has 1 aliphatic carbocycles. The summed E-state index contributed by atoms with van der Waals surface area (Å²) in [6.45, 7) is 1.80. The van der Waals surface area contributed by atoms with Crippen LogP contribution in [0.15, 0.2) is 89.8 Å². The van der Waals surface area contributed by atoms with Gasteiger partial charge in [0.25, 0.3) is 0 Å². The van der Waals surface area contributed by atoms with Gasteiger partial charge in [-0.25, -0.2) is 8.42 Å². The van der Waals surface area contributed by atoms with Gasteiger partial charge < -0.3 is 23.8 Å². The number of carbonyl (C=O) groups excluding carboxylic acids is 1. The number of carbonyl (C=O) groups is 1. The SMILES string of the molecule is COC(=O)[C@@H]1CC[C@H]1CN1Cc2ccc(Cl)cc2CCCCOc2ccc(S(=O)(=O)N(Cc3ccc(OC)cc3)Cc3ccc(OC)cc3)cc21. The van der Waals surface area contributed by atoms with E-state index in [1.807, 2.05) is 66.7 Å². The topological polar surface area (TPSA) is 94.6 Å². The van der Waals surface area contributed by atoms with E-state index in [4.69, 9.17) is 30.5 Å². The highest BCUT2D eigenvalue weighted by atomic mass is 35.5. The van der Waals surface area contributed by atoms with E-state index in [2.05, 4.69) is 4.90 Å². The lowest BCUT2D eigenvalue weighted by Crippen LogP contribution is -2.42. The van der Waals surface area contributed by atoms with Crippen molar-refractivity contribution in [3.05, 3.63) is 112 Å². The molecule has 4 aromatic rings. The van der Waals surface area contributed by atoms with E-state index in [9.17, 15) is 13.2 Å². The van der Waals surface area contributed by atoms with Crippen LogP contribution in [0.2, 0.25) is 5.02 Å². The maximum atomic E-state index is 14.8. The monoisotopic (exact) mass is 732 g/mol. The Morgan fingerprint density at radius 1 is 0.843 bits per heavy atom. The lowest BCUT2D eigenvalue weighted by molar-refractivity contribution is -0.151. The summed E-state index contributed by atoms with van der Waals surface area (Å²) in [4.78, 5) is 15.0. The van der Waals surface area contributed by atoms with E-state index < -0.39 is 10.0 Å². The predicted octanol–water partition coefficient (Wildman–Crippen LogP) is 7.67. The zero-order valence-corrected chi connectivity index (χ0v) is 30.9. The molecule has 9 nitrogen and oxygen atoms in total. The van der Waals surface area contributed by atoms with Crippen LogP contribution in [0.1, 0.15) is 47.9 Å². The summed E-state index contributed by atoms with van der Waals surface area (Å²) in [7, 11) is 0.577. The van der Waals surface area contributed by atoms with Crippen LogP contribution in [0.3, 0.4) is 0 Å². The number of halogens is 1. The number of aryl methyl sites for hydroxylation is 1. The molecule has 1 aliphatic heterocycles. The number of benzene rings is 4. The Morgan fingerprint density at radius 3 is 2.10 bits per heavy atom. The lowest BCUT2D eigenvalue weighted by atomic mass is 9.73. The summed E-state index contributed by atoms with van der Waals surface area (Å²) in [5.74, 6) is 1.62. The van der Waals surface area contributed by atoms with E-state index in [-0.39, 0.29) is 35.8 Å². The molecule has 0 saturated heterocycles. The maximum absolute atomic E-state index is 14.8. The molecular formula is C40H45ClN2O7S. The van der Waals surface area contributed by atoms with Gasteiger partial charge in [-0.05, 0) is 115 Å². The second kappa shape index (κ2) is 16.4. The summed E-state index contributed by atoms with van der Waals surface area (Å²) < 4.78 is 53.2. The first-order valence-corrected chi connectivity index (χ1v) is 19.1. The summed E-state index contributed by atoms with van der Waals surface area (Å²) in [6.07, 6.45) is 4.24. The molecule has 0 spiro atoms. The third kappa shape index (κ3) is 8.63. The van der Waals surface area contributed by atoms with Crippen molar-refractivity contribution in [2.45, 2.75) is 56.6 Å². The van der Waals surface area contributed by atoms with Crippen molar-refractivity contribution in [1.82, 2.24) is 4.31 Å². The Hall–Kier alpha value is -4.25. The van der Waals surface area contributed by atoms with Crippen molar-refractivity contribution >= 4 is 33.3 Å². The van der Waals surface area contributed by atoms with Crippen LogP contribution in [-0.2, 0) is 45.6 Å². The second-order valence-corrected chi connectivity index (χ2v) is 15.5. The van der Waals surface area contributed by atoms with Crippen molar-refractivity contribution in [3.8, 4) is 17.2 Å². The van der Waals surface area contributed by atoms with Gasteiger partial charge in [-0.3, -0.25) is 4.79 Å². The van der Waals surface area contributed by atoms with Crippen molar-refractivity contribution < 1.29 is 32.2 Å². The van der Waals surface area contributed by atoms with Crippen LogP contribution in [0.25, 0.3) is 0 Å². The molecule has 4 aromatic carbocycles. The molecule has 2 aliphatic rings. The third-order valence-corrected chi connectivity index (χ3v) is 12.0. The summed E-state index contributed by atoms with van der Waals surface area (Å²) >= 11 is 6.45. The van der Waals surface area contributed by atoms with Gasteiger partial charge in [0.15, 0.2) is 0 Å². The van der Waals surface area contributed by atoms with Gasteiger partial charge in [0.05, 0.1) is 44.4 Å². The largest absolute Gasteiger partial charge is 0.497 e. The first kappa shape index (κ1) is 36.5. The van der Waals surface area contributed by atoms with Crippen LogP contribution in [0.4, 0.5) is 5.69 Å². The fourth-order valence-corrected chi connectivity index (χ4v) is 8.47. The van der Waals surface area contributed by atoms with E-state index >= 15 is 0 Å². The van der Waals surface area contributed by atoms with E-state index in [0.717, 1.165) is 54.4 Å². The lowest BCUT2D eigenvalue weighted by Gasteiger charge is -2.39. The molecular weight excluding hydrogens is 688 g/mol. The van der Waals surface area contributed by atoms with Crippen molar-refractivity contribution in [2.75, 3.05) is 39.4 Å². The van der Waals surface area contributed by atoms with E-state index in [1.165, 1.54) is 11.4 Å². The van der Waals surface area contributed by atoms with E-state index in [0.29, 0.717) is 47.7 Å². The first-order chi connectivity index (χ1) is 24.7. The van der Waals surface area contributed by atoms with Gasteiger partial charge in [0, 0.05) is 31.2 Å². The Bertz CT molecular complexity index is 1870. The minimum atomic E-state index is -4.05. The minimum Gasteiger partial charge on any atom is -0.497 e. The van der Waals surface area contributed by atoms with Gasteiger partial charge >= 0.3 is 5.97 Å². The molecule has 51 heavy (non-hydrogen) atoms. The normalized spacial score (nSPS) is 17.6. The summed E-state index contributed by atoms with van der Waals surface area (Å²) in [5, 5.41) is 0.679. The molecule has 1 heterocycles. The minimum absolute atomic E-state index is 0.0492. The van der Waals surface area contributed by atoms with Crippen LogP contribution < -0.4 is 19.1 Å². The quantitative estimate of drug-likeness (QED) is 0.145. The molecule has 0 radical (unpaired) electrons. The zero-order chi connectivity index (χ0) is 36.0. The number of ether oxygens (including phenoxy) is 4. The molecule has 6 rings (SSSR count). The van der Waals surface area contributed by atoms with Gasteiger partial charge in [-0.1, -0.05) is 41.9 Å². The number of methoxy groups -OCH3 is 3. The third-order valence-electron chi connectivity index (χ3n) is 9.95. The number of anilines is 1. The zero-order valence-electron chi connectivity index (χ0n) is 29.3. The van der Waals surface area contributed by atoms with Gasteiger partial charge in [-0.2, -0.15) is 4.31 Å². The highest BCUT2D eigenvalue weighted by Gasteiger charge is 2.39. The Kier molecular flexibility index (Phi) is 11.7. The number of nitrogens with zero attached hydrogens (tertiary/aromatic N) is 2. The first-order valence-electron chi connectivity index (χ1n) is 17.3.